The first kappa shape index (κ1) is 20.1. The number of benzene rings is 2. The maximum absolute atomic E-state index is 12.4. The van der Waals surface area contributed by atoms with E-state index in [2.05, 4.69) is 15.5 Å². The summed E-state index contributed by atoms with van der Waals surface area (Å²) in [5.74, 6) is 2.73. The highest BCUT2D eigenvalue weighted by Gasteiger charge is 2.27. The molecule has 1 aromatic heterocycles. The Morgan fingerprint density at radius 1 is 1.20 bits per heavy atom. The molecule has 0 saturated carbocycles. The van der Waals surface area contributed by atoms with Crippen molar-refractivity contribution in [3.63, 3.8) is 0 Å². The molecule has 1 aliphatic heterocycles. The number of para-hydroxylation sites is 4. The summed E-state index contributed by atoms with van der Waals surface area (Å²) in [4.78, 5) is 12.4. The number of carbonyl (C=O) groups excluding carboxylic acids is 1. The third-order valence-electron chi connectivity index (χ3n) is 4.46. The summed E-state index contributed by atoms with van der Waals surface area (Å²) in [6, 6.07) is 14.9. The average Bonchev–Trinajstić information content (AvgIpc) is 3.14. The zero-order valence-electron chi connectivity index (χ0n) is 16.7. The zero-order valence-corrected chi connectivity index (χ0v) is 17.5. The Kier molecular flexibility index (Phi) is 6.08. The van der Waals surface area contributed by atoms with Crippen LogP contribution in [-0.2, 0) is 11.8 Å². The molecule has 4 rings (SSSR count). The van der Waals surface area contributed by atoms with Crippen molar-refractivity contribution in [2.45, 2.75) is 18.2 Å². The maximum Gasteiger partial charge on any atom is 0.234 e. The van der Waals surface area contributed by atoms with E-state index in [1.165, 1.54) is 11.8 Å². The van der Waals surface area contributed by atoms with Crippen LogP contribution < -0.4 is 19.5 Å². The van der Waals surface area contributed by atoms with Crippen molar-refractivity contribution in [1.29, 1.82) is 0 Å². The van der Waals surface area contributed by atoms with Gasteiger partial charge >= 0.3 is 0 Å². The van der Waals surface area contributed by atoms with Gasteiger partial charge in [0, 0.05) is 7.05 Å². The first-order chi connectivity index (χ1) is 14.7. The molecule has 3 aromatic rings. The van der Waals surface area contributed by atoms with Gasteiger partial charge in [-0.15, -0.1) is 10.2 Å². The summed E-state index contributed by atoms with van der Waals surface area (Å²) >= 11 is 1.30. The van der Waals surface area contributed by atoms with Crippen molar-refractivity contribution >= 4 is 23.4 Å². The van der Waals surface area contributed by atoms with E-state index in [1.54, 1.807) is 0 Å². The van der Waals surface area contributed by atoms with Gasteiger partial charge in [-0.1, -0.05) is 36.0 Å². The predicted molar refractivity (Wildman–Crippen MR) is 113 cm³/mol. The first-order valence-corrected chi connectivity index (χ1v) is 10.6. The van der Waals surface area contributed by atoms with Gasteiger partial charge in [-0.25, -0.2) is 0 Å². The quantitative estimate of drug-likeness (QED) is 0.579. The van der Waals surface area contributed by atoms with E-state index in [-0.39, 0.29) is 17.8 Å². The molecule has 0 aliphatic carbocycles. The second-order valence-corrected chi connectivity index (χ2v) is 7.47. The molecule has 9 heteroatoms. The lowest BCUT2D eigenvalue weighted by molar-refractivity contribution is -0.113. The number of carbonyl (C=O) groups is 1. The van der Waals surface area contributed by atoms with Crippen LogP contribution in [0.3, 0.4) is 0 Å². The monoisotopic (exact) mass is 426 g/mol. The van der Waals surface area contributed by atoms with Gasteiger partial charge in [-0.2, -0.15) is 0 Å². The van der Waals surface area contributed by atoms with Crippen molar-refractivity contribution in [2.24, 2.45) is 7.05 Å². The van der Waals surface area contributed by atoms with E-state index in [0.717, 1.165) is 5.75 Å². The summed E-state index contributed by atoms with van der Waals surface area (Å²) < 4.78 is 19.1. The fourth-order valence-electron chi connectivity index (χ4n) is 3.05. The highest BCUT2D eigenvalue weighted by Crippen LogP contribution is 2.35. The number of anilines is 1. The van der Waals surface area contributed by atoms with Crippen molar-refractivity contribution in [1.82, 2.24) is 14.8 Å². The van der Waals surface area contributed by atoms with Gasteiger partial charge in [0.05, 0.1) is 18.0 Å². The molecule has 2 heterocycles. The molecule has 0 bridgehead atoms. The van der Waals surface area contributed by atoms with Gasteiger partial charge in [0.25, 0.3) is 0 Å². The smallest absolute Gasteiger partial charge is 0.234 e. The Labute approximate surface area is 178 Å². The van der Waals surface area contributed by atoms with Gasteiger partial charge in [0.1, 0.15) is 12.4 Å². The molecule has 0 radical (unpaired) electrons. The molecule has 0 spiro atoms. The number of ether oxygens (including phenoxy) is 3. The summed E-state index contributed by atoms with van der Waals surface area (Å²) in [5.41, 5.74) is 0.648. The molecular weight excluding hydrogens is 404 g/mol. The second-order valence-electron chi connectivity index (χ2n) is 6.53. The van der Waals surface area contributed by atoms with Gasteiger partial charge < -0.3 is 24.1 Å². The number of thioether (sulfide) groups is 1. The summed E-state index contributed by atoms with van der Waals surface area (Å²) in [6.45, 7) is 2.78. The number of hydrogen-bond acceptors (Lipinski definition) is 7. The zero-order chi connectivity index (χ0) is 20.9. The Hall–Kier alpha value is -3.20. The first-order valence-electron chi connectivity index (χ1n) is 9.58. The molecule has 1 N–H and O–H groups in total. The molecule has 1 aliphatic rings. The van der Waals surface area contributed by atoms with Gasteiger partial charge in [-0.3, -0.25) is 4.79 Å². The molecule has 156 valence electrons. The Morgan fingerprint density at radius 3 is 2.80 bits per heavy atom. The molecule has 0 fully saturated rings. The van der Waals surface area contributed by atoms with E-state index in [9.17, 15) is 4.79 Å². The Bertz CT molecular complexity index is 1040. The molecule has 8 nitrogen and oxygen atoms in total. The van der Waals surface area contributed by atoms with E-state index in [1.807, 2.05) is 67.1 Å². The molecule has 1 unspecified atom stereocenters. The van der Waals surface area contributed by atoms with Crippen molar-refractivity contribution in [3.05, 3.63) is 54.4 Å². The minimum Gasteiger partial charge on any atom is -0.492 e. The number of aromatic nitrogens is 3. The van der Waals surface area contributed by atoms with Crippen LogP contribution in [0.15, 0.2) is 53.7 Å². The number of nitrogens with one attached hydrogen (secondary N) is 1. The second kappa shape index (κ2) is 9.08. The Morgan fingerprint density at radius 2 is 1.97 bits per heavy atom. The molecule has 1 amide bonds. The fraction of sp³-hybridized carbons (Fsp3) is 0.286. The number of nitrogens with zero attached hydrogens (tertiary/aromatic N) is 3. The third kappa shape index (κ3) is 4.35. The van der Waals surface area contributed by atoms with Crippen LogP contribution in [0.5, 0.6) is 17.2 Å². The molecule has 1 atom stereocenters. The van der Waals surface area contributed by atoms with Crippen LogP contribution in [0.2, 0.25) is 0 Å². The van der Waals surface area contributed by atoms with Crippen molar-refractivity contribution < 1.29 is 19.0 Å². The van der Waals surface area contributed by atoms with Crippen molar-refractivity contribution in [3.8, 4) is 17.2 Å². The van der Waals surface area contributed by atoms with Crippen LogP contribution in [-0.4, -0.2) is 39.6 Å². The third-order valence-corrected chi connectivity index (χ3v) is 5.48. The molecular formula is C21H22N4O4S. The SMILES string of the molecule is CCOc1ccccc1NC(=O)CSc1nnc(C2COc3ccccc3O2)n1C. The number of fused-ring (bicyclic) bond motifs is 1. The topological polar surface area (TPSA) is 87.5 Å². The van der Waals surface area contributed by atoms with Crippen LogP contribution >= 0.6 is 11.8 Å². The summed E-state index contributed by atoms with van der Waals surface area (Å²) in [5, 5.41) is 12.0. The lowest BCUT2D eigenvalue weighted by Gasteiger charge is -2.25. The van der Waals surface area contributed by atoms with Crippen LogP contribution in [0.25, 0.3) is 0 Å². The van der Waals surface area contributed by atoms with Crippen molar-refractivity contribution in [2.75, 3.05) is 24.3 Å². The Balaban J connectivity index is 1.38. The lowest BCUT2D eigenvalue weighted by atomic mass is 10.2. The standard InChI is InChI=1S/C21H22N4O4S/c1-3-27-15-9-5-4-8-14(15)22-19(26)13-30-21-24-23-20(25(21)2)18-12-28-16-10-6-7-11-17(16)29-18/h4-11,18H,3,12-13H2,1-2H3,(H,22,26). The van der Waals surface area contributed by atoms with E-state index >= 15 is 0 Å². The minimum atomic E-state index is -0.362. The van der Waals surface area contributed by atoms with Gasteiger partial charge in [-0.05, 0) is 31.2 Å². The highest BCUT2D eigenvalue weighted by molar-refractivity contribution is 7.99. The maximum atomic E-state index is 12.4. The number of hydrogen-bond donors (Lipinski definition) is 1. The molecule has 2 aromatic carbocycles. The normalized spacial score (nSPS) is 14.9. The summed E-state index contributed by atoms with van der Waals surface area (Å²) in [6.07, 6.45) is -0.362. The fourth-order valence-corrected chi connectivity index (χ4v) is 3.76. The average molecular weight is 426 g/mol. The highest BCUT2D eigenvalue weighted by atomic mass is 32.2. The molecule has 30 heavy (non-hydrogen) atoms. The summed E-state index contributed by atoms with van der Waals surface area (Å²) in [7, 11) is 1.85. The number of rotatable bonds is 7. The van der Waals surface area contributed by atoms with Crippen LogP contribution in [0, 0.1) is 0 Å². The van der Waals surface area contributed by atoms with E-state index < -0.39 is 0 Å². The van der Waals surface area contributed by atoms with E-state index in [0.29, 0.717) is 41.4 Å². The van der Waals surface area contributed by atoms with Gasteiger partial charge in [0.2, 0.25) is 5.91 Å². The van der Waals surface area contributed by atoms with Gasteiger partial charge in [0.15, 0.2) is 28.6 Å². The van der Waals surface area contributed by atoms with E-state index in [4.69, 9.17) is 14.2 Å². The predicted octanol–water partition coefficient (Wildman–Crippen LogP) is 3.46. The lowest BCUT2D eigenvalue weighted by Crippen LogP contribution is -2.24. The van der Waals surface area contributed by atoms with Crippen LogP contribution in [0.1, 0.15) is 18.9 Å². The van der Waals surface area contributed by atoms with Crippen LogP contribution in [0.4, 0.5) is 5.69 Å². The molecule has 0 saturated heterocycles. The minimum absolute atomic E-state index is 0.150. The number of amides is 1. The largest absolute Gasteiger partial charge is 0.492 e.